The van der Waals surface area contributed by atoms with Crippen LogP contribution in [0.3, 0.4) is 0 Å². The summed E-state index contributed by atoms with van der Waals surface area (Å²) in [5.74, 6) is 1.17. The largest absolute Gasteiger partial charge is 0.373 e. The van der Waals surface area contributed by atoms with Crippen LogP contribution in [0.15, 0.2) is 18.5 Å². The first kappa shape index (κ1) is 14.4. The van der Waals surface area contributed by atoms with Gasteiger partial charge >= 0.3 is 0 Å². The van der Waals surface area contributed by atoms with Crippen molar-refractivity contribution in [2.75, 3.05) is 17.7 Å². The Morgan fingerprint density at radius 1 is 1.27 bits per heavy atom. The Morgan fingerprint density at radius 3 is 2.68 bits per heavy atom. The molecule has 0 unspecified atom stereocenters. The van der Waals surface area contributed by atoms with Gasteiger partial charge in [0.15, 0.2) is 5.78 Å². The number of hydrogen-bond acceptors (Lipinski definition) is 5. The van der Waals surface area contributed by atoms with Crippen LogP contribution < -0.4 is 10.6 Å². The molecule has 2 aromatic heterocycles. The van der Waals surface area contributed by atoms with Crippen molar-refractivity contribution < 1.29 is 9.59 Å². The zero-order valence-corrected chi connectivity index (χ0v) is 12.6. The molecule has 22 heavy (non-hydrogen) atoms. The molecule has 6 nitrogen and oxygen atoms in total. The van der Waals surface area contributed by atoms with Gasteiger partial charge in [-0.1, -0.05) is 6.92 Å². The summed E-state index contributed by atoms with van der Waals surface area (Å²) in [7, 11) is 1.75. The maximum atomic E-state index is 12.1. The number of fused-ring (bicyclic) bond motifs is 1. The molecule has 0 aliphatic heterocycles. The maximum absolute atomic E-state index is 12.1. The quantitative estimate of drug-likeness (QED) is 0.829. The van der Waals surface area contributed by atoms with Crippen molar-refractivity contribution in [2.45, 2.75) is 26.2 Å². The highest BCUT2D eigenvalue weighted by atomic mass is 16.2. The number of anilines is 2. The minimum Gasteiger partial charge on any atom is -0.373 e. The molecule has 114 valence electrons. The second-order valence-electron chi connectivity index (χ2n) is 5.43. The van der Waals surface area contributed by atoms with Crippen LogP contribution in [-0.2, 0) is 4.79 Å². The van der Waals surface area contributed by atoms with Gasteiger partial charge in [0.2, 0.25) is 5.91 Å². The molecule has 2 heterocycles. The number of carbonyl (C=O) groups excluding carboxylic acids is 2. The van der Waals surface area contributed by atoms with Crippen LogP contribution in [0.25, 0.3) is 10.8 Å². The number of rotatable bonds is 5. The zero-order valence-electron chi connectivity index (χ0n) is 12.6. The Morgan fingerprint density at radius 2 is 2.05 bits per heavy atom. The van der Waals surface area contributed by atoms with Crippen LogP contribution in [0.4, 0.5) is 11.6 Å². The van der Waals surface area contributed by atoms with E-state index < -0.39 is 0 Å². The number of ketones is 1. The Bertz CT molecular complexity index is 753. The third-order valence-electron chi connectivity index (χ3n) is 3.81. The van der Waals surface area contributed by atoms with Crippen LogP contribution in [-0.4, -0.2) is 28.7 Å². The smallest absolute Gasteiger partial charge is 0.228 e. The van der Waals surface area contributed by atoms with Crippen LogP contribution in [0.5, 0.6) is 0 Å². The van der Waals surface area contributed by atoms with E-state index in [4.69, 9.17) is 0 Å². The molecule has 1 fully saturated rings. The third kappa shape index (κ3) is 2.64. The summed E-state index contributed by atoms with van der Waals surface area (Å²) in [5, 5.41) is 7.36. The fraction of sp³-hybridized carbons (Fsp3) is 0.375. The summed E-state index contributed by atoms with van der Waals surface area (Å²) >= 11 is 0. The molecular formula is C16H18N4O2. The lowest BCUT2D eigenvalue weighted by Gasteiger charge is -2.11. The summed E-state index contributed by atoms with van der Waals surface area (Å²) in [6.45, 7) is 1.82. The van der Waals surface area contributed by atoms with E-state index in [-0.39, 0.29) is 17.6 Å². The van der Waals surface area contributed by atoms with Crippen LogP contribution >= 0.6 is 0 Å². The Kier molecular flexibility index (Phi) is 3.75. The fourth-order valence-electron chi connectivity index (χ4n) is 2.41. The van der Waals surface area contributed by atoms with Crippen LogP contribution in [0, 0.1) is 5.92 Å². The van der Waals surface area contributed by atoms with E-state index in [0.29, 0.717) is 23.6 Å². The van der Waals surface area contributed by atoms with E-state index in [2.05, 4.69) is 20.6 Å². The van der Waals surface area contributed by atoms with Crippen LogP contribution in [0.2, 0.25) is 0 Å². The molecule has 0 bridgehead atoms. The molecule has 0 aromatic carbocycles. The lowest BCUT2D eigenvalue weighted by Crippen LogP contribution is -2.15. The second kappa shape index (κ2) is 5.71. The minimum atomic E-state index is -0.00803. The van der Waals surface area contributed by atoms with E-state index in [1.54, 1.807) is 25.5 Å². The van der Waals surface area contributed by atoms with E-state index in [9.17, 15) is 9.59 Å². The van der Waals surface area contributed by atoms with E-state index in [1.165, 1.54) is 0 Å². The molecule has 1 amide bonds. The third-order valence-corrected chi connectivity index (χ3v) is 3.81. The summed E-state index contributed by atoms with van der Waals surface area (Å²) in [6.07, 6.45) is 5.51. The van der Waals surface area contributed by atoms with Crippen molar-refractivity contribution in [3.8, 4) is 0 Å². The van der Waals surface area contributed by atoms with Crippen molar-refractivity contribution in [3.63, 3.8) is 0 Å². The highest BCUT2D eigenvalue weighted by molar-refractivity contribution is 6.10. The lowest BCUT2D eigenvalue weighted by molar-refractivity contribution is -0.117. The SMILES string of the molecule is CCC(=O)c1cncc2c(NC)nc(NC(=O)C3CC3)cc12. The minimum absolute atomic E-state index is 0.00803. The first-order chi connectivity index (χ1) is 10.6. The van der Waals surface area contributed by atoms with Gasteiger partial charge in [-0.05, 0) is 18.9 Å². The van der Waals surface area contributed by atoms with Crippen LogP contribution in [0.1, 0.15) is 36.5 Å². The Hall–Kier alpha value is -2.50. The van der Waals surface area contributed by atoms with Crippen molar-refractivity contribution in [2.24, 2.45) is 5.92 Å². The first-order valence-electron chi connectivity index (χ1n) is 7.44. The van der Waals surface area contributed by atoms with E-state index >= 15 is 0 Å². The highest BCUT2D eigenvalue weighted by Crippen LogP contribution is 2.31. The average molecular weight is 298 g/mol. The monoisotopic (exact) mass is 298 g/mol. The molecule has 0 radical (unpaired) electrons. The molecule has 3 rings (SSSR count). The number of hydrogen-bond donors (Lipinski definition) is 2. The first-order valence-corrected chi connectivity index (χ1v) is 7.44. The van der Waals surface area contributed by atoms with Crippen molar-refractivity contribution in [1.82, 2.24) is 9.97 Å². The van der Waals surface area contributed by atoms with Gasteiger partial charge in [0.25, 0.3) is 0 Å². The van der Waals surface area contributed by atoms with Gasteiger partial charge in [0, 0.05) is 48.1 Å². The van der Waals surface area contributed by atoms with Gasteiger partial charge in [-0.15, -0.1) is 0 Å². The molecule has 0 saturated heterocycles. The van der Waals surface area contributed by atoms with E-state index in [0.717, 1.165) is 23.6 Å². The Labute approximate surface area is 128 Å². The Balaban J connectivity index is 2.10. The zero-order chi connectivity index (χ0) is 15.7. The topological polar surface area (TPSA) is 84.0 Å². The van der Waals surface area contributed by atoms with Gasteiger partial charge in [-0.25, -0.2) is 4.98 Å². The lowest BCUT2D eigenvalue weighted by atomic mass is 10.0. The van der Waals surface area contributed by atoms with Gasteiger partial charge in [-0.2, -0.15) is 0 Å². The van der Waals surface area contributed by atoms with Crippen molar-refractivity contribution in [1.29, 1.82) is 0 Å². The second-order valence-corrected chi connectivity index (χ2v) is 5.43. The summed E-state index contributed by atoms with van der Waals surface area (Å²) in [6, 6.07) is 1.75. The molecule has 2 aromatic rings. The number of carbonyl (C=O) groups is 2. The van der Waals surface area contributed by atoms with Crippen molar-refractivity contribution in [3.05, 3.63) is 24.0 Å². The van der Waals surface area contributed by atoms with Crippen molar-refractivity contribution >= 4 is 34.1 Å². The number of nitrogens with zero attached hydrogens (tertiary/aromatic N) is 2. The number of amides is 1. The molecule has 1 aliphatic rings. The number of aromatic nitrogens is 2. The van der Waals surface area contributed by atoms with Gasteiger partial charge in [0.05, 0.1) is 0 Å². The summed E-state index contributed by atoms with van der Waals surface area (Å²) in [5.41, 5.74) is 0.556. The predicted molar refractivity (Wildman–Crippen MR) is 85.1 cm³/mol. The van der Waals surface area contributed by atoms with E-state index in [1.807, 2.05) is 6.92 Å². The van der Waals surface area contributed by atoms with Gasteiger partial charge < -0.3 is 10.6 Å². The number of Topliss-reactive ketones (excluding diaryl/α,β-unsaturated/α-hetero) is 1. The molecular weight excluding hydrogens is 280 g/mol. The standard InChI is InChI=1S/C16H18N4O2/c1-3-13(21)11-7-18-8-12-10(11)6-14(19-15(12)17-2)20-16(22)9-4-5-9/h6-9H,3-5H2,1-2H3,(H2,17,19,20,22). The summed E-state index contributed by atoms with van der Waals surface area (Å²) < 4.78 is 0. The average Bonchev–Trinajstić information content (AvgIpc) is 3.37. The normalized spacial score (nSPS) is 13.9. The fourth-order valence-corrected chi connectivity index (χ4v) is 2.41. The molecule has 1 aliphatic carbocycles. The molecule has 0 atom stereocenters. The maximum Gasteiger partial charge on any atom is 0.228 e. The molecule has 1 saturated carbocycles. The highest BCUT2D eigenvalue weighted by Gasteiger charge is 2.30. The van der Waals surface area contributed by atoms with Gasteiger partial charge in [0.1, 0.15) is 11.6 Å². The molecule has 6 heteroatoms. The number of nitrogens with one attached hydrogen (secondary N) is 2. The molecule has 0 spiro atoms. The predicted octanol–water partition coefficient (Wildman–Crippen LogP) is 2.61. The summed E-state index contributed by atoms with van der Waals surface area (Å²) in [4.78, 5) is 32.6. The van der Waals surface area contributed by atoms with Gasteiger partial charge in [-0.3, -0.25) is 14.6 Å². The molecule has 2 N–H and O–H groups in total. The number of pyridine rings is 2.